The van der Waals surface area contributed by atoms with E-state index in [9.17, 15) is 4.39 Å². The van der Waals surface area contributed by atoms with Gasteiger partial charge in [0.15, 0.2) is 5.82 Å². The SMILES string of the molecule is C[C@@H](c1ccccc1F)n1cnnc1-c1cccc(Br)n1. The molecule has 0 radical (unpaired) electrons. The Morgan fingerprint density at radius 2 is 1.95 bits per heavy atom. The molecular formula is C15H12BrFN4. The lowest BCUT2D eigenvalue weighted by molar-refractivity contribution is 0.558. The highest BCUT2D eigenvalue weighted by Gasteiger charge is 2.17. The normalized spacial score (nSPS) is 12.3. The molecule has 106 valence electrons. The van der Waals surface area contributed by atoms with Crippen molar-refractivity contribution in [2.75, 3.05) is 0 Å². The average Bonchev–Trinajstić information content (AvgIpc) is 2.96. The van der Waals surface area contributed by atoms with Crippen LogP contribution in [-0.4, -0.2) is 19.7 Å². The molecule has 0 aliphatic rings. The second-order valence-electron chi connectivity index (χ2n) is 4.60. The molecule has 2 heterocycles. The summed E-state index contributed by atoms with van der Waals surface area (Å²) in [6.45, 7) is 1.91. The molecule has 3 aromatic rings. The maximum absolute atomic E-state index is 14.0. The second-order valence-corrected chi connectivity index (χ2v) is 5.42. The molecule has 21 heavy (non-hydrogen) atoms. The van der Waals surface area contributed by atoms with Gasteiger partial charge in [-0.2, -0.15) is 0 Å². The number of rotatable bonds is 3. The first kappa shape index (κ1) is 13.9. The fourth-order valence-electron chi connectivity index (χ4n) is 2.21. The number of benzene rings is 1. The second kappa shape index (κ2) is 5.73. The Hall–Kier alpha value is -2.08. The molecule has 2 aromatic heterocycles. The Morgan fingerprint density at radius 3 is 2.71 bits per heavy atom. The van der Waals surface area contributed by atoms with E-state index in [1.165, 1.54) is 6.07 Å². The number of pyridine rings is 1. The monoisotopic (exact) mass is 346 g/mol. The number of aromatic nitrogens is 4. The first-order valence-electron chi connectivity index (χ1n) is 6.43. The summed E-state index contributed by atoms with van der Waals surface area (Å²) < 4.78 is 16.5. The summed E-state index contributed by atoms with van der Waals surface area (Å²) in [4.78, 5) is 4.37. The third-order valence-corrected chi connectivity index (χ3v) is 3.73. The van der Waals surface area contributed by atoms with Crippen LogP contribution in [0, 0.1) is 5.82 Å². The molecule has 0 fully saturated rings. The van der Waals surface area contributed by atoms with Gasteiger partial charge in [0.05, 0.1) is 6.04 Å². The molecule has 6 heteroatoms. The Morgan fingerprint density at radius 1 is 1.14 bits per heavy atom. The lowest BCUT2D eigenvalue weighted by Crippen LogP contribution is -2.09. The van der Waals surface area contributed by atoms with Crippen molar-refractivity contribution in [3.8, 4) is 11.5 Å². The summed E-state index contributed by atoms with van der Waals surface area (Å²) in [5.74, 6) is 0.360. The molecule has 0 spiro atoms. The van der Waals surface area contributed by atoms with Crippen molar-refractivity contribution in [2.45, 2.75) is 13.0 Å². The molecule has 0 unspecified atom stereocenters. The fraction of sp³-hybridized carbons (Fsp3) is 0.133. The van der Waals surface area contributed by atoms with Gasteiger partial charge in [-0.3, -0.25) is 0 Å². The zero-order valence-corrected chi connectivity index (χ0v) is 12.8. The molecule has 0 saturated carbocycles. The van der Waals surface area contributed by atoms with Crippen LogP contribution >= 0.6 is 15.9 Å². The fourth-order valence-corrected chi connectivity index (χ4v) is 2.55. The Labute approximate surface area is 129 Å². The standard InChI is InChI=1S/C15H12BrFN4/c1-10(11-5-2-3-6-12(11)17)21-9-18-20-15(21)13-7-4-8-14(16)19-13/h2-10H,1H3/t10-/m0/s1. The topological polar surface area (TPSA) is 43.6 Å². The van der Waals surface area contributed by atoms with E-state index in [1.807, 2.05) is 35.8 Å². The maximum Gasteiger partial charge on any atom is 0.183 e. The minimum absolute atomic E-state index is 0.225. The van der Waals surface area contributed by atoms with E-state index in [0.29, 0.717) is 21.7 Å². The van der Waals surface area contributed by atoms with Gasteiger partial charge in [0, 0.05) is 5.56 Å². The summed E-state index contributed by atoms with van der Waals surface area (Å²) >= 11 is 3.34. The molecule has 4 nitrogen and oxygen atoms in total. The minimum atomic E-state index is -0.244. The van der Waals surface area contributed by atoms with Gasteiger partial charge >= 0.3 is 0 Å². The molecule has 0 bridgehead atoms. The summed E-state index contributed by atoms with van der Waals surface area (Å²) in [5.41, 5.74) is 1.28. The highest BCUT2D eigenvalue weighted by molar-refractivity contribution is 9.10. The van der Waals surface area contributed by atoms with Crippen LogP contribution in [0.25, 0.3) is 11.5 Å². The molecule has 0 saturated heterocycles. The Balaban J connectivity index is 2.05. The van der Waals surface area contributed by atoms with Gasteiger partial charge in [0.1, 0.15) is 22.4 Å². The summed E-state index contributed by atoms with van der Waals surface area (Å²) in [7, 11) is 0. The van der Waals surface area contributed by atoms with Crippen molar-refractivity contribution in [3.63, 3.8) is 0 Å². The third-order valence-electron chi connectivity index (χ3n) is 3.29. The third kappa shape index (κ3) is 2.71. The van der Waals surface area contributed by atoms with Crippen LogP contribution in [0.2, 0.25) is 0 Å². The van der Waals surface area contributed by atoms with Gasteiger partial charge in [0.25, 0.3) is 0 Å². The van der Waals surface area contributed by atoms with Crippen LogP contribution in [0.5, 0.6) is 0 Å². The predicted molar refractivity (Wildman–Crippen MR) is 81.2 cm³/mol. The molecule has 3 rings (SSSR count). The van der Waals surface area contributed by atoms with Crippen molar-refractivity contribution in [1.82, 2.24) is 19.7 Å². The van der Waals surface area contributed by atoms with Crippen molar-refractivity contribution < 1.29 is 4.39 Å². The van der Waals surface area contributed by atoms with Gasteiger partial charge in [-0.25, -0.2) is 9.37 Å². The van der Waals surface area contributed by atoms with Crippen LogP contribution in [0.1, 0.15) is 18.5 Å². The number of halogens is 2. The largest absolute Gasteiger partial charge is 0.305 e. The highest BCUT2D eigenvalue weighted by atomic mass is 79.9. The molecular weight excluding hydrogens is 335 g/mol. The zero-order valence-electron chi connectivity index (χ0n) is 11.2. The van der Waals surface area contributed by atoms with Crippen LogP contribution in [0.3, 0.4) is 0 Å². The lowest BCUT2D eigenvalue weighted by Gasteiger charge is -2.16. The van der Waals surface area contributed by atoms with Gasteiger partial charge in [-0.05, 0) is 41.1 Å². The van der Waals surface area contributed by atoms with Crippen LogP contribution in [0.4, 0.5) is 4.39 Å². The van der Waals surface area contributed by atoms with Gasteiger partial charge < -0.3 is 4.57 Å². The van der Waals surface area contributed by atoms with E-state index in [1.54, 1.807) is 18.5 Å². The number of hydrogen-bond acceptors (Lipinski definition) is 3. The van der Waals surface area contributed by atoms with Crippen molar-refractivity contribution in [3.05, 3.63) is 64.8 Å². The Bertz CT molecular complexity index is 772. The van der Waals surface area contributed by atoms with Crippen molar-refractivity contribution in [1.29, 1.82) is 0 Å². The first-order valence-corrected chi connectivity index (χ1v) is 7.23. The molecule has 1 aromatic carbocycles. The van der Waals surface area contributed by atoms with E-state index in [4.69, 9.17) is 0 Å². The zero-order chi connectivity index (χ0) is 14.8. The number of nitrogens with zero attached hydrogens (tertiary/aromatic N) is 4. The highest BCUT2D eigenvalue weighted by Crippen LogP contribution is 2.25. The lowest BCUT2D eigenvalue weighted by atomic mass is 10.1. The summed E-state index contributed by atoms with van der Waals surface area (Å²) in [6, 6.07) is 12.0. The van der Waals surface area contributed by atoms with Gasteiger partial charge in [-0.1, -0.05) is 24.3 Å². The van der Waals surface area contributed by atoms with E-state index >= 15 is 0 Å². The Kier molecular flexibility index (Phi) is 3.79. The van der Waals surface area contributed by atoms with Gasteiger partial charge in [0.2, 0.25) is 0 Å². The molecule has 0 N–H and O–H groups in total. The maximum atomic E-state index is 14.0. The van der Waals surface area contributed by atoms with Crippen LogP contribution < -0.4 is 0 Å². The minimum Gasteiger partial charge on any atom is -0.305 e. The van der Waals surface area contributed by atoms with E-state index in [-0.39, 0.29) is 11.9 Å². The average molecular weight is 347 g/mol. The van der Waals surface area contributed by atoms with E-state index in [0.717, 1.165) is 0 Å². The van der Waals surface area contributed by atoms with E-state index < -0.39 is 0 Å². The predicted octanol–water partition coefficient (Wildman–Crippen LogP) is 3.85. The molecule has 0 amide bonds. The van der Waals surface area contributed by atoms with Crippen LogP contribution in [0.15, 0.2) is 53.4 Å². The smallest absolute Gasteiger partial charge is 0.183 e. The number of hydrogen-bond donors (Lipinski definition) is 0. The van der Waals surface area contributed by atoms with Crippen molar-refractivity contribution in [2.24, 2.45) is 0 Å². The quantitative estimate of drug-likeness (QED) is 0.676. The van der Waals surface area contributed by atoms with E-state index in [2.05, 4.69) is 31.1 Å². The van der Waals surface area contributed by atoms with Gasteiger partial charge in [-0.15, -0.1) is 10.2 Å². The first-order chi connectivity index (χ1) is 10.2. The molecule has 1 atom stereocenters. The van der Waals surface area contributed by atoms with Crippen LogP contribution in [-0.2, 0) is 0 Å². The van der Waals surface area contributed by atoms with Crippen molar-refractivity contribution >= 4 is 15.9 Å². The summed E-state index contributed by atoms with van der Waals surface area (Å²) in [5, 5.41) is 8.05. The molecule has 0 aliphatic heterocycles. The molecule has 0 aliphatic carbocycles. The summed E-state index contributed by atoms with van der Waals surface area (Å²) in [6.07, 6.45) is 1.59.